The van der Waals surface area contributed by atoms with Gasteiger partial charge in [-0.3, -0.25) is 4.79 Å². The van der Waals surface area contributed by atoms with E-state index in [1.165, 1.54) is 0 Å². The van der Waals surface area contributed by atoms with Crippen LogP contribution in [0.4, 0.5) is 5.69 Å². The Bertz CT molecular complexity index is 1100. The molecule has 0 radical (unpaired) electrons. The van der Waals surface area contributed by atoms with E-state index in [4.69, 9.17) is 0 Å². The summed E-state index contributed by atoms with van der Waals surface area (Å²) in [5.41, 5.74) is 2.34. The van der Waals surface area contributed by atoms with Gasteiger partial charge in [-0.1, -0.05) is 24.3 Å². The number of H-pyrrole nitrogens is 1. The molecule has 2 aromatic carbocycles. The average Bonchev–Trinajstić information content (AvgIpc) is 3.17. The number of aliphatic hydroxyl groups is 1. The molecule has 1 heterocycles. The molecule has 0 aliphatic heterocycles. The number of fused-ring (bicyclic) bond motifs is 1. The normalized spacial score (nSPS) is 13.9. The fraction of sp³-hybridized carbons (Fsp3) is 0.227. The molecule has 0 saturated heterocycles. The highest BCUT2D eigenvalue weighted by Crippen LogP contribution is 2.24. The standard InChI is InChI=1S/C22H23N5O2S/c1-14(27(2)13-20(28)24-18-10-6-7-11-19(18)30-3)21(29)15(12-23)22-25-16-8-4-5-9-17(16)26-22/h4-11,14,29H,13H2,1-3H3,(H,24,28)(H,25,26)/p+1/b21-15-/t14-/m1/s1. The summed E-state index contributed by atoms with van der Waals surface area (Å²) in [4.78, 5) is 21.7. The van der Waals surface area contributed by atoms with Gasteiger partial charge in [-0.05, 0) is 37.4 Å². The Morgan fingerprint density at radius 2 is 2.00 bits per heavy atom. The lowest BCUT2D eigenvalue weighted by atomic mass is 10.1. The monoisotopic (exact) mass is 422 g/mol. The fourth-order valence-corrected chi connectivity index (χ4v) is 3.65. The van der Waals surface area contributed by atoms with E-state index in [1.807, 2.05) is 60.9 Å². The van der Waals surface area contributed by atoms with E-state index in [1.54, 1.807) is 25.7 Å². The maximum atomic E-state index is 12.5. The van der Waals surface area contributed by atoms with Gasteiger partial charge in [0.25, 0.3) is 5.91 Å². The minimum absolute atomic E-state index is 0.0752. The first-order valence-electron chi connectivity index (χ1n) is 9.48. The van der Waals surface area contributed by atoms with Gasteiger partial charge in [0.05, 0.1) is 23.8 Å². The van der Waals surface area contributed by atoms with Crippen LogP contribution in [0.2, 0.25) is 0 Å². The van der Waals surface area contributed by atoms with Crippen molar-refractivity contribution in [1.29, 1.82) is 5.26 Å². The van der Waals surface area contributed by atoms with Crippen LogP contribution in [0.5, 0.6) is 0 Å². The molecule has 7 nitrogen and oxygen atoms in total. The van der Waals surface area contributed by atoms with E-state index in [0.29, 0.717) is 11.3 Å². The molecule has 0 aliphatic carbocycles. The molecular weight excluding hydrogens is 398 g/mol. The van der Waals surface area contributed by atoms with Crippen molar-refractivity contribution in [2.24, 2.45) is 0 Å². The van der Waals surface area contributed by atoms with Gasteiger partial charge in [0, 0.05) is 4.90 Å². The Balaban J connectivity index is 1.75. The van der Waals surface area contributed by atoms with Crippen LogP contribution in [0.15, 0.2) is 59.2 Å². The number of nitrogens with one attached hydrogen (secondary N) is 3. The van der Waals surface area contributed by atoms with Gasteiger partial charge in [-0.25, -0.2) is 4.98 Å². The number of hydrogen-bond acceptors (Lipinski definition) is 5. The molecule has 1 amide bonds. The second-order valence-electron chi connectivity index (χ2n) is 6.97. The highest BCUT2D eigenvalue weighted by molar-refractivity contribution is 7.98. The first kappa shape index (κ1) is 21.4. The summed E-state index contributed by atoms with van der Waals surface area (Å²) in [7, 11) is 1.80. The number of likely N-dealkylation sites (N-methyl/N-ethyl adjacent to an activating group) is 1. The molecule has 8 heteroatoms. The first-order chi connectivity index (χ1) is 14.4. The molecule has 0 spiro atoms. The average molecular weight is 423 g/mol. The maximum absolute atomic E-state index is 12.5. The van der Waals surface area contributed by atoms with E-state index < -0.39 is 6.04 Å². The molecule has 4 N–H and O–H groups in total. The molecular formula is C22H24N5O2S+. The summed E-state index contributed by atoms with van der Waals surface area (Å²) < 4.78 is 0. The SMILES string of the molecule is CSc1ccccc1NC(=O)C[NH+](C)[C@H](C)/C(O)=C(\C#N)c1nc2ccccc2[nH]1. The minimum atomic E-state index is -0.477. The van der Waals surface area contributed by atoms with Crippen LogP contribution < -0.4 is 10.2 Å². The summed E-state index contributed by atoms with van der Waals surface area (Å²) in [6, 6.07) is 16.6. The molecule has 0 saturated carbocycles. The molecule has 154 valence electrons. The molecule has 0 bridgehead atoms. The zero-order valence-corrected chi connectivity index (χ0v) is 17.9. The number of carbonyl (C=O) groups is 1. The summed E-state index contributed by atoms with van der Waals surface area (Å²) in [5, 5.41) is 23.3. The number of thioether (sulfide) groups is 1. The van der Waals surface area contributed by atoms with Gasteiger partial charge < -0.3 is 20.3 Å². The first-order valence-corrected chi connectivity index (χ1v) is 10.7. The van der Waals surface area contributed by atoms with Crippen molar-refractivity contribution in [1.82, 2.24) is 9.97 Å². The van der Waals surface area contributed by atoms with Crippen LogP contribution in [0.1, 0.15) is 12.7 Å². The highest BCUT2D eigenvalue weighted by Gasteiger charge is 2.25. The number of benzene rings is 2. The van der Waals surface area contributed by atoms with Crippen molar-refractivity contribution in [3.05, 3.63) is 60.1 Å². The molecule has 3 aromatic rings. The van der Waals surface area contributed by atoms with Gasteiger partial charge in [0.1, 0.15) is 17.7 Å². The number of aromatic amines is 1. The van der Waals surface area contributed by atoms with Crippen molar-refractivity contribution in [2.45, 2.75) is 17.9 Å². The van der Waals surface area contributed by atoms with Crippen LogP contribution in [0, 0.1) is 11.3 Å². The van der Waals surface area contributed by atoms with Crippen molar-refractivity contribution in [2.75, 3.05) is 25.2 Å². The molecule has 0 fully saturated rings. The summed E-state index contributed by atoms with van der Waals surface area (Å²) >= 11 is 1.56. The van der Waals surface area contributed by atoms with Crippen LogP contribution in [-0.2, 0) is 4.79 Å². The number of allylic oxidation sites excluding steroid dienone is 1. The number of hydrogen-bond donors (Lipinski definition) is 4. The van der Waals surface area contributed by atoms with Crippen molar-refractivity contribution >= 4 is 40.0 Å². The van der Waals surface area contributed by atoms with E-state index in [2.05, 4.69) is 15.3 Å². The zero-order chi connectivity index (χ0) is 21.7. The summed E-state index contributed by atoms with van der Waals surface area (Å²) in [6.45, 7) is 1.90. The smallest absolute Gasteiger partial charge is 0.279 e. The van der Waals surface area contributed by atoms with Crippen molar-refractivity contribution in [3.8, 4) is 6.07 Å². The number of amides is 1. The second-order valence-corrected chi connectivity index (χ2v) is 7.82. The molecule has 30 heavy (non-hydrogen) atoms. The highest BCUT2D eigenvalue weighted by atomic mass is 32.2. The number of rotatable bonds is 7. The Kier molecular flexibility index (Phi) is 6.77. The van der Waals surface area contributed by atoms with Crippen LogP contribution in [-0.4, -0.2) is 46.9 Å². The van der Waals surface area contributed by atoms with Crippen LogP contribution in [0.25, 0.3) is 16.6 Å². The quantitative estimate of drug-likeness (QED) is 0.266. The number of anilines is 1. The van der Waals surface area contributed by atoms with Gasteiger partial charge in [-0.2, -0.15) is 5.26 Å². The maximum Gasteiger partial charge on any atom is 0.279 e. The fourth-order valence-electron chi connectivity index (χ4n) is 3.10. The molecule has 1 unspecified atom stereocenters. The summed E-state index contributed by atoms with van der Waals surface area (Å²) in [6.07, 6.45) is 1.95. The number of nitrogens with zero attached hydrogens (tertiary/aromatic N) is 2. The predicted molar refractivity (Wildman–Crippen MR) is 119 cm³/mol. The summed E-state index contributed by atoms with van der Waals surface area (Å²) in [5.74, 6) is 0.0384. The van der Waals surface area contributed by atoms with Crippen LogP contribution >= 0.6 is 11.8 Å². The van der Waals surface area contributed by atoms with E-state index in [-0.39, 0.29) is 23.8 Å². The Morgan fingerprint density at radius 3 is 2.70 bits per heavy atom. The third kappa shape index (κ3) is 4.64. The number of imidazole rings is 1. The lowest BCUT2D eigenvalue weighted by Crippen LogP contribution is -3.13. The van der Waals surface area contributed by atoms with E-state index >= 15 is 0 Å². The molecule has 3 rings (SSSR count). The van der Waals surface area contributed by atoms with E-state index in [0.717, 1.165) is 21.0 Å². The number of aliphatic hydroxyl groups excluding tert-OH is 1. The number of carbonyl (C=O) groups excluding carboxylic acids is 1. The van der Waals surface area contributed by atoms with Gasteiger partial charge in [-0.15, -0.1) is 11.8 Å². The van der Waals surface area contributed by atoms with Crippen molar-refractivity contribution in [3.63, 3.8) is 0 Å². The topological polar surface area (TPSA) is 106 Å². The third-order valence-electron chi connectivity index (χ3n) is 4.96. The third-order valence-corrected chi connectivity index (χ3v) is 5.76. The Morgan fingerprint density at radius 1 is 1.30 bits per heavy atom. The zero-order valence-electron chi connectivity index (χ0n) is 17.1. The molecule has 1 aromatic heterocycles. The van der Waals surface area contributed by atoms with Gasteiger partial charge >= 0.3 is 0 Å². The number of para-hydroxylation sites is 3. The lowest BCUT2D eigenvalue weighted by Gasteiger charge is -2.21. The van der Waals surface area contributed by atoms with Crippen molar-refractivity contribution < 1.29 is 14.8 Å². The van der Waals surface area contributed by atoms with Gasteiger partial charge in [0.15, 0.2) is 18.1 Å². The lowest BCUT2D eigenvalue weighted by molar-refractivity contribution is -0.891. The largest absolute Gasteiger partial charge is 0.505 e. The number of quaternary nitrogens is 1. The second kappa shape index (κ2) is 9.48. The van der Waals surface area contributed by atoms with E-state index in [9.17, 15) is 15.2 Å². The molecule has 2 atom stereocenters. The Labute approximate surface area is 179 Å². The predicted octanol–water partition coefficient (Wildman–Crippen LogP) is 2.62. The Hall–Kier alpha value is -3.28. The van der Waals surface area contributed by atoms with Gasteiger partial charge in [0.2, 0.25) is 0 Å². The minimum Gasteiger partial charge on any atom is -0.505 e. The molecule has 0 aliphatic rings. The van der Waals surface area contributed by atoms with Crippen LogP contribution in [0.3, 0.4) is 0 Å². The number of aromatic nitrogens is 2. The number of nitriles is 1.